The molecule has 1 aliphatic heterocycles. The number of halogens is 1. The van der Waals surface area contributed by atoms with Crippen LogP contribution in [0.4, 0.5) is 4.39 Å². The number of hydrogen-bond donors (Lipinski definition) is 0. The predicted octanol–water partition coefficient (Wildman–Crippen LogP) is 2.33. The van der Waals surface area contributed by atoms with Gasteiger partial charge in [0.15, 0.2) is 0 Å². The summed E-state index contributed by atoms with van der Waals surface area (Å²) in [4.78, 5) is 16.8. The molecule has 1 aliphatic rings. The Balaban J connectivity index is 1.92. The zero-order chi connectivity index (χ0) is 16.8. The summed E-state index contributed by atoms with van der Waals surface area (Å²) in [7, 11) is 1.71. The fourth-order valence-corrected chi connectivity index (χ4v) is 3.31. The normalized spacial score (nSPS) is 22.3. The zero-order valence-corrected chi connectivity index (χ0v) is 14.3. The van der Waals surface area contributed by atoms with Gasteiger partial charge in [0.2, 0.25) is 5.91 Å². The number of carbonyl (C=O) groups excluding carboxylic acids is 1. The maximum Gasteiger partial charge on any atom is 0.227 e. The fourth-order valence-electron chi connectivity index (χ4n) is 3.31. The molecular weight excluding hydrogens is 295 g/mol. The largest absolute Gasteiger partial charge is 0.385 e. The monoisotopic (exact) mass is 322 g/mol. The lowest BCUT2D eigenvalue weighted by Crippen LogP contribution is -2.58. The molecule has 2 atom stereocenters. The number of methoxy groups -OCH3 is 1. The number of ether oxygens (including phenoxy) is 1. The van der Waals surface area contributed by atoms with E-state index in [-0.39, 0.29) is 18.1 Å². The van der Waals surface area contributed by atoms with Crippen molar-refractivity contribution in [1.82, 2.24) is 9.80 Å². The molecule has 0 radical (unpaired) electrons. The smallest absolute Gasteiger partial charge is 0.227 e. The molecule has 2 rings (SSSR count). The molecule has 0 N–H and O–H groups in total. The van der Waals surface area contributed by atoms with Gasteiger partial charge >= 0.3 is 0 Å². The van der Waals surface area contributed by atoms with Crippen molar-refractivity contribution in [2.75, 3.05) is 33.4 Å². The van der Waals surface area contributed by atoms with Crippen molar-refractivity contribution in [3.63, 3.8) is 0 Å². The first-order valence-corrected chi connectivity index (χ1v) is 8.28. The fraction of sp³-hybridized carbons (Fsp3) is 0.611. The van der Waals surface area contributed by atoms with Gasteiger partial charge in [0.25, 0.3) is 0 Å². The van der Waals surface area contributed by atoms with E-state index in [0.717, 1.165) is 19.6 Å². The highest BCUT2D eigenvalue weighted by atomic mass is 19.1. The first-order chi connectivity index (χ1) is 11.0. The lowest BCUT2D eigenvalue weighted by atomic mass is 10.1. The van der Waals surface area contributed by atoms with Crippen LogP contribution < -0.4 is 0 Å². The molecule has 1 amide bonds. The lowest BCUT2D eigenvalue weighted by Gasteiger charge is -2.44. The Labute approximate surface area is 138 Å². The maximum absolute atomic E-state index is 13.7. The molecule has 1 aromatic rings. The van der Waals surface area contributed by atoms with E-state index in [1.807, 2.05) is 4.90 Å². The third kappa shape index (κ3) is 4.75. The Morgan fingerprint density at radius 1 is 1.26 bits per heavy atom. The third-order valence-corrected chi connectivity index (χ3v) is 4.52. The zero-order valence-electron chi connectivity index (χ0n) is 14.3. The standard InChI is InChI=1S/C18H27FN2O2/c1-14-12-20(13-15(2)21(14)9-6-10-23-3)18(22)11-16-7-4-5-8-17(16)19/h4-5,7-8,14-15H,6,9-13H2,1-3H3. The van der Waals surface area contributed by atoms with E-state index in [2.05, 4.69) is 18.7 Å². The van der Waals surface area contributed by atoms with Crippen molar-refractivity contribution in [1.29, 1.82) is 0 Å². The van der Waals surface area contributed by atoms with Gasteiger partial charge in [-0.1, -0.05) is 18.2 Å². The third-order valence-electron chi connectivity index (χ3n) is 4.52. The molecule has 0 saturated carbocycles. The summed E-state index contributed by atoms with van der Waals surface area (Å²) in [5, 5.41) is 0. The van der Waals surface area contributed by atoms with E-state index in [4.69, 9.17) is 4.74 Å². The highest BCUT2D eigenvalue weighted by Gasteiger charge is 2.31. The Morgan fingerprint density at radius 2 is 1.91 bits per heavy atom. The van der Waals surface area contributed by atoms with Crippen molar-refractivity contribution in [3.8, 4) is 0 Å². The maximum atomic E-state index is 13.7. The van der Waals surface area contributed by atoms with Crippen LogP contribution >= 0.6 is 0 Å². The molecule has 1 saturated heterocycles. The van der Waals surface area contributed by atoms with Crippen LogP contribution in [-0.2, 0) is 16.0 Å². The van der Waals surface area contributed by atoms with E-state index < -0.39 is 0 Å². The Morgan fingerprint density at radius 3 is 2.52 bits per heavy atom. The first kappa shape index (κ1) is 17.9. The molecule has 1 heterocycles. The van der Waals surface area contributed by atoms with Gasteiger partial charge < -0.3 is 9.64 Å². The molecule has 2 unspecified atom stereocenters. The number of benzene rings is 1. The van der Waals surface area contributed by atoms with Gasteiger partial charge in [-0.3, -0.25) is 9.69 Å². The van der Waals surface area contributed by atoms with Gasteiger partial charge in [0.05, 0.1) is 6.42 Å². The average molecular weight is 322 g/mol. The van der Waals surface area contributed by atoms with Gasteiger partial charge in [-0.15, -0.1) is 0 Å². The van der Waals surface area contributed by atoms with Gasteiger partial charge in [0, 0.05) is 45.4 Å². The van der Waals surface area contributed by atoms with Crippen LogP contribution in [0.5, 0.6) is 0 Å². The molecule has 0 bridgehead atoms. The van der Waals surface area contributed by atoms with E-state index >= 15 is 0 Å². The molecule has 23 heavy (non-hydrogen) atoms. The van der Waals surface area contributed by atoms with E-state index in [1.165, 1.54) is 6.07 Å². The van der Waals surface area contributed by atoms with Gasteiger partial charge in [-0.2, -0.15) is 0 Å². The van der Waals surface area contributed by atoms with E-state index in [9.17, 15) is 9.18 Å². The Bertz CT molecular complexity index is 511. The van der Waals surface area contributed by atoms with Crippen LogP contribution in [0, 0.1) is 5.82 Å². The van der Waals surface area contributed by atoms with E-state index in [1.54, 1.807) is 25.3 Å². The summed E-state index contributed by atoms with van der Waals surface area (Å²) >= 11 is 0. The van der Waals surface area contributed by atoms with Crippen LogP contribution in [0.25, 0.3) is 0 Å². The van der Waals surface area contributed by atoms with Crippen molar-refractivity contribution in [2.24, 2.45) is 0 Å². The molecule has 128 valence electrons. The average Bonchev–Trinajstić information content (AvgIpc) is 2.52. The lowest BCUT2D eigenvalue weighted by molar-refractivity contribution is -0.135. The topological polar surface area (TPSA) is 32.8 Å². The Kier molecular flexibility index (Phi) is 6.54. The minimum absolute atomic E-state index is 0.00495. The Hall–Kier alpha value is -1.46. The second-order valence-corrected chi connectivity index (χ2v) is 6.35. The SMILES string of the molecule is COCCCN1C(C)CN(C(=O)Cc2ccccc2F)CC1C. The quantitative estimate of drug-likeness (QED) is 0.754. The minimum atomic E-state index is -0.305. The van der Waals surface area contributed by atoms with Crippen LogP contribution in [0.15, 0.2) is 24.3 Å². The number of nitrogens with zero attached hydrogens (tertiary/aromatic N) is 2. The minimum Gasteiger partial charge on any atom is -0.385 e. The molecule has 0 aromatic heterocycles. The molecular formula is C18H27FN2O2. The highest BCUT2D eigenvalue weighted by molar-refractivity contribution is 5.79. The van der Waals surface area contributed by atoms with Gasteiger partial charge in [-0.05, 0) is 31.9 Å². The first-order valence-electron chi connectivity index (χ1n) is 8.28. The van der Waals surface area contributed by atoms with Crippen molar-refractivity contribution >= 4 is 5.91 Å². The van der Waals surface area contributed by atoms with Crippen molar-refractivity contribution in [3.05, 3.63) is 35.6 Å². The van der Waals surface area contributed by atoms with Crippen LogP contribution in [0.2, 0.25) is 0 Å². The van der Waals surface area contributed by atoms with Crippen LogP contribution in [-0.4, -0.2) is 61.1 Å². The molecule has 1 aromatic carbocycles. The molecule has 1 fully saturated rings. The molecule has 0 spiro atoms. The summed E-state index contributed by atoms with van der Waals surface area (Å²) in [6.45, 7) is 7.42. The van der Waals surface area contributed by atoms with Crippen LogP contribution in [0.1, 0.15) is 25.8 Å². The number of amides is 1. The van der Waals surface area contributed by atoms with E-state index in [0.29, 0.717) is 30.7 Å². The summed E-state index contributed by atoms with van der Waals surface area (Å²) in [5.74, 6) is -0.300. The van der Waals surface area contributed by atoms with Gasteiger partial charge in [-0.25, -0.2) is 4.39 Å². The van der Waals surface area contributed by atoms with Crippen LogP contribution in [0.3, 0.4) is 0 Å². The number of piperazine rings is 1. The highest BCUT2D eigenvalue weighted by Crippen LogP contribution is 2.18. The second kappa shape index (κ2) is 8.41. The summed E-state index contributed by atoms with van der Waals surface area (Å²) in [6.07, 6.45) is 1.13. The number of carbonyl (C=O) groups is 1. The van der Waals surface area contributed by atoms with Gasteiger partial charge in [0.1, 0.15) is 5.82 Å². The number of hydrogen-bond acceptors (Lipinski definition) is 3. The predicted molar refractivity (Wildman–Crippen MR) is 88.8 cm³/mol. The summed E-state index contributed by atoms with van der Waals surface area (Å²) in [6, 6.07) is 7.11. The molecule has 0 aliphatic carbocycles. The van der Waals surface area contributed by atoms with Crippen molar-refractivity contribution in [2.45, 2.75) is 38.8 Å². The molecule has 5 heteroatoms. The second-order valence-electron chi connectivity index (χ2n) is 6.35. The molecule has 4 nitrogen and oxygen atoms in total. The number of rotatable bonds is 6. The van der Waals surface area contributed by atoms with Crippen molar-refractivity contribution < 1.29 is 13.9 Å². The summed E-state index contributed by atoms with van der Waals surface area (Å²) in [5.41, 5.74) is 0.473. The summed E-state index contributed by atoms with van der Waals surface area (Å²) < 4.78 is 18.8.